The van der Waals surface area contributed by atoms with Crippen LogP contribution < -0.4 is 10.9 Å². The minimum atomic E-state index is -4.65. The highest BCUT2D eigenvalue weighted by Gasteiger charge is 2.33. The molecule has 0 aliphatic carbocycles. The summed E-state index contributed by atoms with van der Waals surface area (Å²) in [5, 5.41) is 2.93. The first-order chi connectivity index (χ1) is 13.3. The van der Waals surface area contributed by atoms with E-state index < -0.39 is 41.5 Å². The number of aromatic nitrogens is 1. The van der Waals surface area contributed by atoms with Gasteiger partial charge in [0.25, 0.3) is 11.5 Å². The Morgan fingerprint density at radius 3 is 2.46 bits per heavy atom. The van der Waals surface area contributed by atoms with Crippen molar-refractivity contribution in [2.45, 2.75) is 6.18 Å². The number of halogens is 3. The van der Waals surface area contributed by atoms with E-state index in [1.54, 1.807) is 24.3 Å². The van der Waals surface area contributed by atoms with E-state index in [1.807, 2.05) is 0 Å². The van der Waals surface area contributed by atoms with Gasteiger partial charge in [-0.25, -0.2) is 4.79 Å². The monoisotopic (exact) mass is 390 g/mol. The Labute approximate surface area is 155 Å². The number of amides is 1. The summed E-state index contributed by atoms with van der Waals surface area (Å²) in [6, 6.07) is 12.4. The maximum absolute atomic E-state index is 12.9. The quantitative estimate of drug-likeness (QED) is 0.669. The number of pyridine rings is 1. The third kappa shape index (κ3) is 4.20. The Bertz CT molecular complexity index is 1110. The van der Waals surface area contributed by atoms with E-state index in [2.05, 4.69) is 10.3 Å². The van der Waals surface area contributed by atoms with Gasteiger partial charge in [0.2, 0.25) is 0 Å². The highest BCUT2D eigenvalue weighted by Crippen LogP contribution is 2.34. The molecule has 1 aromatic heterocycles. The lowest BCUT2D eigenvalue weighted by Gasteiger charge is -2.13. The van der Waals surface area contributed by atoms with E-state index in [4.69, 9.17) is 4.74 Å². The molecule has 0 aliphatic heterocycles. The molecule has 0 saturated carbocycles. The highest BCUT2D eigenvalue weighted by molar-refractivity contribution is 5.96. The molecule has 1 amide bonds. The van der Waals surface area contributed by atoms with Crippen molar-refractivity contribution in [1.29, 1.82) is 0 Å². The van der Waals surface area contributed by atoms with E-state index in [1.165, 1.54) is 18.2 Å². The normalized spacial score (nSPS) is 11.2. The number of alkyl halides is 3. The van der Waals surface area contributed by atoms with Gasteiger partial charge in [0.1, 0.15) is 5.69 Å². The molecule has 0 unspecified atom stereocenters. The Morgan fingerprint density at radius 2 is 1.71 bits per heavy atom. The smallest absolute Gasteiger partial charge is 0.418 e. The predicted molar refractivity (Wildman–Crippen MR) is 94.9 cm³/mol. The molecule has 9 heteroatoms. The maximum atomic E-state index is 12.9. The number of esters is 1. The van der Waals surface area contributed by atoms with Crippen LogP contribution in [0.4, 0.5) is 18.9 Å². The maximum Gasteiger partial charge on any atom is 0.418 e. The summed E-state index contributed by atoms with van der Waals surface area (Å²) < 4.78 is 43.6. The van der Waals surface area contributed by atoms with E-state index in [0.29, 0.717) is 10.8 Å². The summed E-state index contributed by atoms with van der Waals surface area (Å²) in [4.78, 5) is 38.3. The lowest BCUT2D eigenvalue weighted by molar-refractivity contribution is -0.137. The van der Waals surface area contributed by atoms with E-state index in [-0.39, 0.29) is 5.69 Å². The number of aromatic amines is 1. The lowest BCUT2D eigenvalue weighted by Crippen LogP contribution is -2.24. The number of H-pyrrole nitrogens is 1. The van der Waals surface area contributed by atoms with Crippen LogP contribution in [0.25, 0.3) is 10.8 Å². The molecule has 1 heterocycles. The van der Waals surface area contributed by atoms with Crippen molar-refractivity contribution in [1.82, 2.24) is 4.98 Å². The molecule has 6 nitrogen and oxygen atoms in total. The Hall–Kier alpha value is -3.62. The molecule has 28 heavy (non-hydrogen) atoms. The van der Waals surface area contributed by atoms with Crippen LogP contribution in [0, 0.1) is 0 Å². The zero-order chi connectivity index (χ0) is 20.3. The molecular weight excluding hydrogens is 377 g/mol. The van der Waals surface area contributed by atoms with Crippen LogP contribution in [-0.2, 0) is 15.7 Å². The van der Waals surface area contributed by atoms with Gasteiger partial charge in [-0.15, -0.1) is 0 Å². The van der Waals surface area contributed by atoms with E-state index in [0.717, 1.165) is 12.1 Å². The fraction of sp³-hybridized carbons (Fsp3) is 0.105. The van der Waals surface area contributed by atoms with Gasteiger partial charge < -0.3 is 15.0 Å². The standard InChI is InChI=1S/C19H13F3N2O4/c20-19(21,22)13-7-3-4-8-14(13)23-16(25)10-28-18(27)15-9-11-5-1-2-6-12(11)17(26)24-15/h1-9H,10H2,(H,23,25)(H,24,26). The average molecular weight is 390 g/mol. The number of benzene rings is 2. The molecule has 144 valence electrons. The van der Waals surface area contributed by atoms with Crippen molar-refractivity contribution in [2.75, 3.05) is 11.9 Å². The number of fused-ring (bicyclic) bond motifs is 1. The summed E-state index contributed by atoms with van der Waals surface area (Å²) in [6.45, 7) is -0.820. The number of ether oxygens (including phenoxy) is 1. The van der Waals surface area contributed by atoms with E-state index >= 15 is 0 Å². The first kappa shape index (κ1) is 19.2. The second-order valence-corrected chi connectivity index (χ2v) is 5.77. The van der Waals surface area contributed by atoms with Crippen molar-refractivity contribution in [3.8, 4) is 0 Å². The molecule has 3 rings (SSSR count). The molecule has 2 aromatic carbocycles. The number of hydrogen-bond donors (Lipinski definition) is 2. The van der Waals surface area contributed by atoms with Crippen molar-refractivity contribution < 1.29 is 27.5 Å². The van der Waals surface area contributed by atoms with Gasteiger partial charge >= 0.3 is 12.1 Å². The molecule has 0 atom stereocenters. The third-order valence-corrected chi connectivity index (χ3v) is 3.81. The van der Waals surface area contributed by atoms with Crippen LogP contribution in [0.2, 0.25) is 0 Å². The summed E-state index contributed by atoms with van der Waals surface area (Å²) in [6.07, 6.45) is -4.65. The summed E-state index contributed by atoms with van der Waals surface area (Å²) >= 11 is 0. The summed E-state index contributed by atoms with van der Waals surface area (Å²) in [5.74, 6) is -1.93. The molecule has 0 saturated heterocycles. The fourth-order valence-electron chi connectivity index (χ4n) is 2.56. The van der Waals surface area contributed by atoms with Gasteiger partial charge in [-0.05, 0) is 29.7 Å². The number of nitrogens with one attached hydrogen (secondary N) is 2. The zero-order valence-corrected chi connectivity index (χ0v) is 14.2. The van der Waals surface area contributed by atoms with Gasteiger partial charge in [0.05, 0.1) is 11.3 Å². The topological polar surface area (TPSA) is 88.3 Å². The number of carbonyl (C=O) groups excluding carboxylic acids is 2. The Kier molecular flexibility index (Phi) is 5.16. The zero-order valence-electron chi connectivity index (χ0n) is 14.2. The Balaban J connectivity index is 1.69. The molecule has 0 radical (unpaired) electrons. The van der Waals surface area contributed by atoms with Crippen LogP contribution in [0.1, 0.15) is 16.1 Å². The van der Waals surface area contributed by atoms with E-state index in [9.17, 15) is 27.6 Å². The average Bonchev–Trinajstić information content (AvgIpc) is 2.65. The minimum Gasteiger partial charge on any atom is -0.451 e. The summed E-state index contributed by atoms with van der Waals surface area (Å²) in [5.41, 5.74) is -2.15. The van der Waals surface area contributed by atoms with Gasteiger partial charge in [-0.1, -0.05) is 30.3 Å². The van der Waals surface area contributed by atoms with Gasteiger partial charge in [-0.2, -0.15) is 13.2 Å². The van der Waals surface area contributed by atoms with Gasteiger partial charge in [0.15, 0.2) is 6.61 Å². The highest BCUT2D eigenvalue weighted by atomic mass is 19.4. The van der Waals surface area contributed by atoms with Crippen LogP contribution in [0.15, 0.2) is 59.4 Å². The number of rotatable bonds is 4. The van der Waals surface area contributed by atoms with Crippen LogP contribution >= 0.6 is 0 Å². The van der Waals surface area contributed by atoms with Crippen molar-refractivity contribution in [3.05, 3.63) is 76.2 Å². The van der Waals surface area contributed by atoms with Gasteiger partial charge in [0, 0.05) is 5.39 Å². The van der Waals surface area contributed by atoms with Crippen molar-refractivity contribution in [2.24, 2.45) is 0 Å². The second-order valence-electron chi connectivity index (χ2n) is 5.77. The molecule has 0 spiro atoms. The number of anilines is 1. The fourth-order valence-corrected chi connectivity index (χ4v) is 2.56. The molecule has 2 N–H and O–H groups in total. The lowest BCUT2D eigenvalue weighted by atomic mass is 10.1. The molecule has 0 bridgehead atoms. The first-order valence-electron chi connectivity index (χ1n) is 8.01. The second kappa shape index (κ2) is 7.55. The van der Waals surface area contributed by atoms with Crippen LogP contribution in [-0.4, -0.2) is 23.5 Å². The third-order valence-electron chi connectivity index (χ3n) is 3.81. The number of para-hydroxylation sites is 1. The number of carbonyl (C=O) groups is 2. The predicted octanol–water partition coefficient (Wildman–Crippen LogP) is 3.34. The number of hydrogen-bond acceptors (Lipinski definition) is 4. The molecule has 0 aliphatic rings. The SMILES string of the molecule is O=C(COC(=O)c1cc2ccccc2c(=O)[nH]1)Nc1ccccc1C(F)(F)F. The first-order valence-corrected chi connectivity index (χ1v) is 8.01. The van der Waals surface area contributed by atoms with Crippen molar-refractivity contribution in [3.63, 3.8) is 0 Å². The molecule has 3 aromatic rings. The summed E-state index contributed by atoms with van der Waals surface area (Å²) in [7, 11) is 0. The van der Waals surface area contributed by atoms with Crippen molar-refractivity contribution >= 4 is 28.3 Å². The largest absolute Gasteiger partial charge is 0.451 e. The van der Waals surface area contributed by atoms with Gasteiger partial charge in [-0.3, -0.25) is 9.59 Å². The van der Waals surface area contributed by atoms with Crippen LogP contribution in [0.3, 0.4) is 0 Å². The molecular formula is C19H13F3N2O4. The molecule has 0 fully saturated rings. The van der Waals surface area contributed by atoms with Crippen LogP contribution in [0.5, 0.6) is 0 Å². The minimum absolute atomic E-state index is 0.174. The Morgan fingerprint density at radius 1 is 1.04 bits per heavy atom.